The van der Waals surface area contributed by atoms with Gasteiger partial charge in [-0.3, -0.25) is 4.21 Å². The maximum Gasteiger partial charge on any atom is 0.113 e. The van der Waals surface area contributed by atoms with Crippen LogP contribution in [0, 0.1) is 5.92 Å². The molecule has 1 fully saturated rings. The van der Waals surface area contributed by atoms with E-state index in [4.69, 9.17) is 18.9 Å². The summed E-state index contributed by atoms with van der Waals surface area (Å²) in [5.41, 5.74) is 4.26. The van der Waals surface area contributed by atoms with Crippen LogP contribution in [0.25, 0.3) is 10.8 Å². The van der Waals surface area contributed by atoms with Gasteiger partial charge in [-0.1, -0.05) is 121 Å². The lowest BCUT2D eigenvalue weighted by Crippen LogP contribution is -2.57. The molecule has 0 N–H and O–H groups in total. The lowest BCUT2D eigenvalue weighted by Gasteiger charge is -2.48. The normalized spacial score (nSPS) is 24.5. The predicted octanol–water partition coefficient (Wildman–Crippen LogP) is 7.40. The van der Waals surface area contributed by atoms with Gasteiger partial charge in [-0.05, 0) is 33.5 Å². The number of ether oxygens (including phenoxy) is 4. The predicted molar refractivity (Wildman–Crippen MR) is 172 cm³/mol. The number of rotatable bonds is 10. The van der Waals surface area contributed by atoms with Crippen LogP contribution in [0.4, 0.5) is 0 Å². The molecule has 0 amide bonds. The highest BCUT2D eigenvalue weighted by molar-refractivity contribution is 7.85. The van der Waals surface area contributed by atoms with Crippen molar-refractivity contribution in [2.75, 3.05) is 12.4 Å². The molecule has 0 aromatic heterocycles. The standard InChI is InChI=1S/C38H36O5S/c39-44-26-32-36(35-31-19-11-10-18-30(31)20-21-34(35)44)43-33(25-40-22-27-12-4-1-5-13-27)38(42-24-29-16-8-3-9-17-29)37(32)41-23-28-14-6-2-7-15-28/h1-21,32-33,36-38H,22-26H2/t32-,33+,36-,37+,38+,44+/m0/s1. The largest absolute Gasteiger partial charge is 0.374 e. The summed E-state index contributed by atoms with van der Waals surface area (Å²) in [4.78, 5) is 0.847. The topological polar surface area (TPSA) is 54.0 Å². The van der Waals surface area contributed by atoms with Crippen LogP contribution >= 0.6 is 0 Å². The number of hydrogen-bond donors (Lipinski definition) is 0. The van der Waals surface area contributed by atoms with Crippen molar-refractivity contribution in [2.45, 2.75) is 49.1 Å². The summed E-state index contributed by atoms with van der Waals surface area (Å²) in [5, 5.41) is 2.18. The maximum atomic E-state index is 13.8. The molecule has 5 aromatic carbocycles. The van der Waals surface area contributed by atoms with Crippen LogP contribution in [0.1, 0.15) is 28.4 Å². The first kappa shape index (κ1) is 29.1. The summed E-state index contributed by atoms with van der Waals surface area (Å²) in [6, 6.07) is 42.8. The zero-order chi connectivity index (χ0) is 29.7. The van der Waals surface area contributed by atoms with Crippen LogP contribution in [0.2, 0.25) is 0 Å². The van der Waals surface area contributed by atoms with Gasteiger partial charge in [0.2, 0.25) is 0 Å². The van der Waals surface area contributed by atoms with E-state index in [1.165, 1.54) is 0 Å². The van der Waals surface area contributed by atoms with E-state index in [9.17, 15) is 4.21 Å². The smallest absolute Gasteiger partial charge is 0.113 e. The van der Waals surface area contributed by atoms with E-state index in [1.54, 1.807) is 0 Å². The monoisotopic (exact) mass is 604 g/mol. The van der Waals surface area contributed by atoms with Gasteiger partial charge >= 0.3 is 0 Å². The first-order valence-electron chi connectivity index (χ1n) is 15.2. The van der Waals surface area contributed by atoms with Gasteiger partial charge in [0.15, 0.2) is 0 Å². The Bertz CT molecular complexity index is 1690. The highest BCUT2D eigenvalue weighted by Gasteiger charge is 2.51. The van der Waals surface area contributed by atoms with E-state index < -0.39 is 23.0 Å². The quantitative estimate of drug-likeness (QED) is 0.166. The van der Waals surface area contributed by atoms with Gasteiger partial charge in [-0.25, -0.2) is 0 Å². The Morgan fingerprint density at radius 3 is 1.86 bits per heavy atom. The molecule has 0 saturated carbocycles. The minimum absolute atomic E-state index is 0.163. The van der Waals surface area contributed by atoms with Crippen molar-refractivity contribution in [3.63, 3.8) is 0 Å². The van der Waals surface area contributed by atoms with Gasteiger partial charge in [0.05, 0.1) is 49.4 Å². The molecule has 0 unspecified atom stereocenters. The molecule has 0 bridgehead atoms. The van der Waals surface area contributed by atoms with Crippen LogP contribution in [0.5, 0.6) is 0 Å². The summed E-state index contributed by atoms with van der Waals surface area (Å²) in [6.45, 7) is 1.65. The second kappa shape index (κ2) is 13.6. The van der Waals surface area contributed by atoms with E-state index in [1.807, 2.05) is 72.8 Å². The van der Waals surface area contributed by atoms with Crippen molar-refractivity contribution in [3.8, 4) is 0 Å². The molecule has 2 heterocycles. The molecule has 7 rings (SSSR count). The molecule has 6 atom stereocenters. The van der Waals surface area contributed by atoms with Gasteiger partial charge in [0.1, 0.15) is 12.2 Å². The van der Waals surface area contributed by atoms with Crippen LogP contribution in [0.15, 0.2) is 132 Å². The molecular weight excluding hydrogens is 568 g/mol. The lowest BCUT2D eigenvalue weighted by molar-refractivity contribution is -0.244. The van der Waals surface area contributed by atoms with Crippen LogP contribution in [-0.4, -0.2) is 34.9 Å². The van der Waals surface area contributed by atoms with Gasteiger partial charge < -0.3 is 18.9 Å². The van der Waals surface area contributed by atoms with Crippen molar-refractivity contribution in [1.82, 2.24) is 0 Å². The second-order valence-corrected chi connectivity index (χ2v) is 13.0. The van der Waals surface area contributed by atoms with E-state index in [0.717, 1.165) is 37.9 Å². The van der Waals surface area contributed by atoms with Crippen LogP contribution < -0.4 is 0 Å². The molecule has 1 saturated heterocycles. The van der Waals surface area contributed by atoms with Crippen LogP contribution in [0.3, 0.4) is 0 Å². The molecule has 224 valence electrons. The molecule has 0 aliphatic carbocycles. The van der Waals surface area contributed by atoms with Gasteiger partial charge in [0, 0.05) is 22.1 Å². The molecule has 5 aromatic rings. The Kier molecular flexibility index (Phi) is 8.96. The minimum atomic E-state index is -1.20. The van der Waals surface area contributed by atoms with Crippen molar-refractivity contribution in [1.29, 1.82) is 0 Å². The molecule has 44 heavy (non-hydrogen) atoms. The highest BCUT2D eigenvalue weighted by Crippen LogP contribution is 2.48. The Labute approximate surface area is 261 Å². The maximum absolute atomic E-state index is 13.8. The third-order valence-corrected chi connectivity index (χ3v) is 10.1. The first-order chi connectivity index (χ1) is 21.7. The van der Waals surface area contributed by atoms with Gasteiger partial charge in [0.25, 0.3) is 0 Å². The molecule has 2 aliphatic rings. The average molecular weight is 605 g/mol. The van der Waals surface area contributed by atoms with E-state index in [-0.39, 0.29) is 18.1 Å². The fourth-order valence-corrected chi connectivity index (χ4v) is 8.03. The summed E-state index contributed by atoms with van der Waals surface area (Å²) in [6.07, 6.45) is -1.50. The zero-order valence-corrected chi connectivity index (χ0v) is 25.3. The zero-order valence-electron chi connectivity index (χ0n) is 24.5. The Morgan fingerprint density at radius 1 is 0.636 bits per heavy atom. The molecular formula is C38H36O5S. The summed E-state index contributed by atoms with van der Waals surface area (Å²) < 4.78 is 40.7. The summed E-state index contributed by atoms with van der Waals surface area (Å²) in [7, 11) is -1.20. The third-order valence-electron chi connectivity index (χ3n) is 8.59. The third kappa shape index (κ3) is 6.27. The number of fused-ring (bicyclic) bond motifs is 5. The van der Waals surface area contributed by atoms with Crippen molar-refractivity contribution < 1.29 is 23.2 Å². The first-order valence-corrected chi connectivity index (χ1v) is 16.5. The Morgan fingerprint density at radius 2 is 1.20 bits per heavy atom. The summed E-state index contributed by atoms with van der Waals surface area (Å²) >= 11 is 0. The van der Waals surface area contributed by atoms with Gasteiger partial charge in [-0.2, -0.15) is 0 Å². The summed E-state index contributed by atoms with van der Waals surface area (Å²) in [5.74, 6) is 0.280. The second-order valence-electron chi connectivity index (χ2n) is 11.5. The van der Waals surface area contributed by atoms with Crippen molar-refractivity contribution in [2.24, 2.45) is 5.92 Å². The van der Waals surface area contributed by atoms with E-state index >= 15 is 0 Å². The Hall–Kier alpha value is -3.65. The Balaban J connectivity index is 1.25. The fourth-order valence-electron chi connectivity index (χ4n) is 6.45. The minimum Gasteiger partial charge on any atom is -0.374 e. The van der Waals surface area contributed by atoms with E-state index in [0.29, 0.717) is 32.2 Å². The SMILES string of the molecule is O=[S@@]1C[C@@H]2[C@@H](OCc3ccccc3)[C@H](OCc3ccccc3)[C@@H](COCc3ccccc3)O[C@@H]2c2c1ccc1ccccc21. The van der Waals surface area contributed by atoms with Crippen molar-refractivity contribution >= 4 is 21.6 Å². The lowest BCUT2D eigenvalue weighted by atomic mass is 9.82. The number of benzene rings is 5. The fraction of sp³-hybridized carbons (Fsp3) is 0.263. The molecule has 0 radical (unpaired) electrons. The molecule has 5 nitrogen and oxygen atoms in total. The van der Waals surface area contributed by atoms with Crippen molar-refractivity contribution in [3.05, 3.63) is 150 Å². The molecule has 6 heteroatoms. The molecule has 2 aliphatic heterocycles. The number of hydrogen-bond acceptors (Lipinski definition) is 5. The van der Waals surface area contributed by atoms with Crippen LogP contribution in [-0.2, 0) is 49.6 Å². The molecule has 0 spiro atoms. The average Bonchev–Trinajstić information content (AvgIpc) is 3.08. The van der Waals surface area contributed by atoms with E-state index in [2.05, 4.69) is 54.6 Å². The highest BCUT2D eigenvalue weighted by atomic mass is 32.2. The van der Waals surface area contributed by atoms with Gasteiger partial charge in [-0.15, -0.1) is 0 Å².